The fraction of sp³-hybridized carbons (Fsp3) is 0.462. The van der Waals surface area contributed by atoms with Gasteiger partial charge >= 0.3 is 0 Å². The normalized spacial score (nSPS) is 11.2. The molecular weight excluding hydrogens is 218 g/mol. The van der Waals surface area contributed by atoms with Crippen LogP contribution in [0.15, 0.2) is 24.3 Å². The maximum Gasteiger partial charge on any atom is 0.138 e. The van der Waals surface area contributed by atoms with Crippen molar-refractivity contribution < 1.29 is 4.74 Å². The average molecular weight is 237 g/mol. The Labute approximate surface area is 103 Å². The topological polar surface area (TPSA) is 35.2 Å². The number of hydrogen-bond donors (Lipinski definition) is 1. The van der Waals surface area contributed by atoms with Crippen LogP contribution in [0.25, 0.3) is 0 Å². The number of ether oxygens (including phenoxy) is 1. The molecule has 2 N–H and O–H groups in total. The minimum absolute atomic E-state index is 0.210. The summed E-state index contributed by atoms with van der Waals surface area (Å²) in [6, 6.07) is 8.12. The molecular formula is C13H19NOS. The van der Waals surface area contributed by atoms with E-state index in [4.69, 9.17) is 22.7 Å². The van der Waals surface area contributed by atoms with E-state index in [0.29, 0.717) is 11.6 Å². The molecule has 1 aromatic rings. The summed E-state index contributed by atoms with van der Waals surface area (Å²) in [7, 11) is 0. The van der Waals surface area contributed by atoms with Crippen molar-refractivity contribution >= 4 is 17.2 Å². The highest BCUT2D eigenvalue weighted by molar-refractivity contribution is 7.80. The molecule has 0 aliphatic rings. The van der Waals surface area contributed by atoms with Gasteiger partial charge in [-0.3, -0.25) is 0 Å². The third-order valence-corrected chi connectivity index (χ3v) is 3.02. The molecule has 0 aliphatic carbocycles. The van der Waals surface area contributed by atoms with Crippen molar-refractivity contribution in [1.82, 2.24) is 0 Å². The molecule has 0 fully saturated rings. The molecule has 16 heavy (non-hydrogen) atoms. The van der Waals surface area contributed by atoms with Crippen LogP contribution in [0.5, 0.6) is 5.75 Å². The van der Waals surface area contributed by atoms with Crippen LogP contribution >= 0.6 is 12.2 Å². The maximum absolute atomic E-state index is 5.40. The van der Waals surface area contributed by atoms with E-state index in [1.54, 1.807) is 0 Å². The number of nitrogens with two attached hydrogens (primary N) is 1. The molecule has 0 heterocycles. The van der Waals surface area contributed by atoms with Gasteiger partial charge < -0.3 is 10.5 Å². The zero-order valence-electron chi connectivity index (χ0n) is 10.1. The highest BCUT2D eigenvalue weighted by atomic mass is 32.1. The molecule has 0 saturated heterocycles. The Balaban J connectivity index is 2.71. The minimum Gasteiger partial charge on any atom is -0.487 e. The van der Waals surface area contributed by atoms with Crippen LogP contribution in [0.2, 0.25) is 0 Å². The number of hydrogen-bond acceptors (Lipinski definition) is 2. The maximum atomic E-state index is 5.40. The van der Waals surface area contributed by atoms with Crippen molar-refractivity contribution in [1.29, 1.82) is 0 Å². The lowest BCUT2D eigenvalue weighted by molar-refractivity contribution is 0.377. The summed E-state index contributed by atoms with van der Waals surface area (Å²) in [5, 5.41) is 0. The van der Waals surface area contributed by atoms with Gasteiger partial charge in [-0.25, -0.2) is 0 Å². The molecule has 0 unspecified atom stereocenters. The van der Waals surface area contributed by atoms with E-state index >= 15 is 0 Å². The molecule has 0 spiro atoms. The van der Waals surface area contributed by atoms with E-state index in [2.05, 4.69) is 32.9 Å². The van der Waals surface area contributed by atoms with E-state index in [1.807, 2.05) is 12.1 Å². The summed E-state index contributed by atoms with van der Waals surface area (Å²) in [4.78, 5) is 0.373. The van der Waals surface area contributed by atoms with E-state index in [0.717, 1.165) is 12.2 Å². The average Bonchev–Trinajstić information content (AvgIpc) is 2.27. The SMILES string of the molecule is CCC(C)(C)c1ccc(OCC(N)=S)cc1. The van der Waals surface area contributed by atoms with E-state index in [-0.39, 0.29) is 5.41 Å². The van der Waals surface area contributed by atoms with Crippen LogP contribution < -0.4 is 10.5 Å². The standard InChI is InChI=1S/C13H19NOS/c1-4-13(2,3)10-5-7-11(8-6-10)15-9-12(14)16/h5-8H,4,9H2,1-3H3,(H2,14,16). The lowest BCUT2D eigenvalue weighted by Gasteiger charge is -2.23. The smallest absolute Gasteiger partial charge is 0.138 e. The molecule has 88 valence electrons. The number of benzene rings is 1. The van der Waals surface area contributed by atoms with Crippen LogP contribution in [0.1, 0.15) is 32.8 Å². The lowest BCUT2D eigenvalue weighted by atomic mass is 9.82. The first-order valence-electron chi connectivity index (χ1n) is 5.47. The molecule has 1 rings (SSSR count). The highest BCUT2D eigenvalue weighted by Gasteiger charge is 2.17. The first-order valence-corrected chi connectivity index (χ1v) is 5.88. The molecule has 0 atom stereocenters. The highest BCUT2D eigenvalue weighted by Crippen LogP contribution is 2.27. The monoisotopic (exact) mass is 237 g/mol. The van der Waals surface area contributed by atoms with Gasteiger partial charge in [0.15, 0.2) is 0 Å². The lowest BCUT2D eigenvalue weighted by Crippen LogP contribution is -2.18. The van der Waals surface area contributed by atoms with Gasteiger partial charge in [0, 0.05) is 0 Å². The Morgan fingerprint density at radius 1 is 1.31 bits per heavy atom. The van der Waals surface area contributed by atoms with Gasteiger partial charge in [0.2, 0.25) is 0 Å². The fourth-order valence-corrected chi connectivity index (χ4v) is 1.42. The van der Waals surface area contributed by atoms with Crippen LogP contribution in [0, 0.1) is 0 Å². The predicted molar refractivity (Wildman–Crippen MR) is 72.0 cm³/mol. The summed E-state index contributed by atoms with van der Waals surface area (Å²) in [5.74, 6) is 0.809. The van der Waals surface area contributed by atoms with Crippen molar-refractivity contribution in [2.24, 2.45) is 5.73 Å². The van der Waals surface area contributed by atoms with E-state index in [1.165, 1.54) is 5.56 Å². The zero-order valence-corrected chi connectivity index (χ0v) is 10.9. The second-order valence-corrected chi connectivity index (χ2v) is 5.04. The first kappa shape index (κ1) is 13.0. The fourth-order valence-electron chi connectivity index (χ4n) is 1.36. The predicted octanol–water partition coefficient (Wildman–Crippen LogP) is 3.04. The molecule has 1 aromatic carbocycles. The Morgan fingerprint density at radius 3 is 2.31 bits per heavy atom. The Bertz CT molecular complexity index is 357. The van der Waals surface area contributed by atoms with Gasteiger partial charge in [-0.1, -0.05) is 45.1 Å². The van der Waals surface area contributed by atoms with Crippen molar-refractivity contribution in [2.45, 2.75) is 32.6 Å². The van der Waals surface area contributed by atoms with Crippen molar-refractivity contribution in [2.75, 3.05) is 6.61 Å². The molecule has 0 radical (unpaired) electrons. The summed E-state index contributed by atoms with van der Waals surface area (Å²) in [6.45, 7) is 6.96. The van der Waals surface area contributed by atoms with Crippen molar-refractivity contribution in [3.63, 3.8) is 0 Å². The minimum atomic E-state index is 0.210. The van der Waals surface area contributed by atoms with Gasteiger partial charge in [-0.15, -0.1) is 0 Å². The van der Waals surface area contributed by atoms with Gasteiger partial charge in [-0.2, -0.15) is 0 Å². The number of rotatable bonds is 5. The van der Waals surface area contributed by atoms with Crippen LogP contribution in [0.3, 0.4) is 0 Å². The van der Waals surface area contributed by atoms with Gasteiger partial charge in [0.05, 0.1) is 0 Å². The Hall–Kier alpha value is -1.09. The van der Waals surface area contributed by atoms with E-state index in [9.17, 15) is 0 Å². The van der Waals surface area contributed by atoms with Crippen LogP contribution in [0.4, 0.5) is 0 Å². The molecule has 0 aromatic heterocycles. The summed E-state index contributed by atoms with van der Waals surface area (Å²) >= 11 is 4.75. The van der Waals surface area contributed by atoms with E-state index < -0.39 is 0 Å². The Kier molecular flexibility index (Phi) is 4.30. The van der Waals surface area contributed by atoms with Gasteiger partial charge in [0.1, 0.15) is 17.3 Å². The molecule has 0 amide bonds. The first-order chi connectivity index (χ1) is 7.45. The van der Waals surface area contributed by atoms with Crippen LogP contribution in [-0.4, -0.2) is 11.6 Å². The second kappa shape index (κ2) is 5.30. The quantitative estimate of drug-likeness (QED) is 0.799. The summed E-state index contributed by atoms with van der Waals surface area (Å²) in [5.41, 5.74) is 6.89. The van der Waals surface area contributed by atoms with Crippen molar-refractivity contribution in [3.05, 3.63) is 29.8 Å². The zero-order chi connectivity index (χ0) is 12.2. The second-order valence-electron chi connectivity index (χ2n) is 4.52. The molecule has 0 saturated carbocycles. The summed E-state index contributed by atoms with van der Waals surface area (Å²) in [6.07, 6.45) is 1.11. The van der Waals surface area contributed by atoms with Crippen LogP contribution in [-0.2, 0) is 5.41 Å². The largest absolute Gasteiger partial charge is 0.487 e. The molecule has 0 aliphatic heterocycles. The van der Waals surface area contributed by atoms with Gasteiger partial charge in [0.25, 0.3) is 0 Å². The summed E-state index contributed by atoms with van der Waals surface area (Å²) < 4.78 is 5.40. The number of thiocarbonyl (C=S) groups is 1. The third kappa shape index (κ3) is 3.49. The van der Waals surface area contributed by atoms with Crippen molar-refractivity contribution in [3.8, 4) is 5.75 Å². The molecule has 2 nitrogen and oxygen atoms in total. The molecule has 3 heteroatoms. The molecule has 0 bridgehead atoms. The van der Waals surface area contributed by atoms with Gasteiger partial charge in [-0.05, 0) is 29.5 Å². The Morgan fingerprint density at radius 2 is 1.88 bits per heavy atom. The third-order valence-electron chi connectivity index (χ3n) is 2.90.